The molecule has 33 heavy (non-hydrogen) atoms. The Morgan fingerprint density at radius 1 is 1.03 bits per heavy atom. The lowest BCUT2D eigenvalue weighted by Gasteiger charge is -2.10. The fourth-order valence-corrected chi connectivity index (χ4v) is 3.09. The largest absolute Gasteiger partial charge is 0.422 e. The number of carbonyl (C=O) groups excluding carboxylic acids is 2. The highest BCUT2D eigenvalue weighted by Crippen LogP contribution is 2.42. The Morgan fingerprint density at radius 2 is 1.70 bits per heavy atom. The van der Waals surface area contributed by atoms with Crippen LogP contribution >= 0.6 is 7.60 Å². The van der Waals surface area contributed by atoms with E-state index in [1.807, 2.05) is 0 Å². The number of carbonyl (C=O) groups is 2. The first kappa shape index (κ1) is 23.6. The predicted molar refractivity (Wildman–Crippen MR) is 123 cm³/mol. The molecule has 3 rings (SSSR count). The number of para-hydroxylation sites is 1. The summed E-state index contributed by atoms with van der Waals surface area (Å²) in [6, 6.07) is 17.8. The van der Waals surface area contributed by atoms with Crippen molar-refractivity contribution in [3.63, 3.8) is 0 Å². The summed E-state index contributed by atoms with van der Waals surface area (Å²) in [4.78, 5) is 37.6. The topological polar surface area (TPSA) is 168 Å². The third kappa shape index (κ3) is 7.23. The van der Waals surface area contributed by atoms with E-state index >= 15 is 0 Å². The molecule has 0 fully saturated rings. The molecular weight excluding hydrogens is 447 g/mol. The van der Waals surface area contributed by atoms with Gasteiger partial charge in [-0.2, -0.15) is 0 Å². The fraction of sp³-hybridized carbons (Fsp3) is 0.0952. The van der Waals surface area contributed by atoms with Gasteiger partial charge >= 0.3 is 7.60 Å². The second kappa shape index (κ2) is 10.5. The number of azo groups is 1. The first-order valence-corrected chi connectivity index (χ1v) is 11.6. The Bertz CT molecular complexity index is 1230. The van der Waals surface area contributed by atoms with Crippen LogP contribution in [0.25, 0.3) is 0 Å². The van der Waals surface area contributed by atoms with Crippen LogP contribution in [0.2, 0.25) is 0 Å². The number of nitrogens with two attached hydrogens (primary N) is 1. The lowest BCUT2D eigenvalue weighted by atomic mass is 10.2. The Labute approximate surface area is 189 Å². The van der Waals surface area contributed by atoms with Crippen molar-refractivity contribution in [2.75, 3.05) is 24.3 Å². The van der Waals surface area contributed by atoms with Crippen molar-refractivity contribution in [1.82, 2.24) is 10.3 Å². The number of aromatic nitrogens is 1. The summed E-state index contributed by atoms with van der Waals surface area (Å²) in [5.74, 6) is -0.617. The molecule has 0 aliphatic rings. The van der Waals surface area contributed by atoms with Gasteiger partial charge in [-0.1, -0.05) is 30.3 Å². The minimum absolute atomic E-state index is 0.00779. The van der Waals surface area contributed by atoms with Gasteiger partial charge in [0.25, 0.3) is 5.91 Å². The van der Waals surface area contributed by atoms with Crippen LogP contribution in [-0.2, 0) is 9.36 Å². The number of hydrogen-bond acceptors (Lipinski definition) is 8. The van der Waals surface area contributed by atoms with Crippen molar-refractivity contribution in [3.05, 3.63) is 72.3 Å². The summed E-state index contributed by atoms with van der Waals surface area (Å²) in [5, 5.41) is 13.0. The van der Waals surface area contributed by atoms with Gasteiger partial charge in [-0.15, -0.1) is 10.2 Å². The molecule has 12 heteroatoms. The molecule has 2 amide bonds. The van der Waals surface area contributed by atoms with E-state index in [2.05, 4.69) is 25.8 Å². The van der Waals surface area contributed by atoms with E-state index in [-0.39, 0.29) is 41.2 Å². The SMILES string of the molecule is CP(=O)(O)Oc1ccccc1/N=N/c1ccc(NC(=O)CNC(=O)c2ccccc2)nc1N. The maximum absolute atomic E-state index is 12.1. The third-order valence-electron chi connectivity index (χ3n) is 4.01. The minimum Gasteiger partial charge on any atom is -0.422 e. The summed E-state index contributed by atoms with van der Waals surface area (Å²) >= 11 is 0. The van der Waals surface area contributed by atoms with Crippen LogP contribution in [0.4, 0.5) is 23.0 Å². The predicted octanol–water partition coefficient (Wildman–Crippen LogP) is 3.64. The zero-order valence-electron chi connectivity index (χ0n) is 17.5. The summed E-state index contributed by atoms with van der Waals surface area (Å²) in [5.41, 5.74) is 6.77. The van der Waals surface area contributed by atoms with Crippen LogP contribution in [0.3, 0.4) is 0 Å². The molecule has 170 valence electrons. The number of rotatable bonds is 8. The highest BCUT2D eigenvalue weighted by Gasteiger charge is 2.15. The molecule has 1 atom stereocenters. The Kier molecular flexibility index (Phi) is 7.50. The molecule has 2 aromatic carbocycles. The smallest absolute Gasteiger partial charge is 0.373 e. The Hall–Kier alpha value is -4.08. The highest BCUT2D eigenvalue weighted by atomic mass is 31.2. The molecule has 3 aromatic rings. The number of nitrogens with one attached hydrogen (secondary N) is 2. The quantitative estimate of drug-likeness (QED) is 0.289. The molecule has 0 bridgehead atoms. The van der Waals surface area contributed by atoms with Crippen LogP contribution < -0.4 is 20.9 Å². The van der Waals surface area contributed by atoms with Crippen molar-refractivity contribution in [1.29, 1.82) is 0 Å². The molecule has 11 nitrogen and oxygen atoms in total. The zero-order chi connectivity index (χ0) is 23.8. The van der Waals surface area contributed by atoms with Crippen molar-refractivity contribution < 1.29 is 23.6 Å². The second-order valence-corrected chi connectivity index (χ2v) is 8.55. The number of nitrogens with zero attached hydrogens (tertiary/aromatic N) is 3. The van der Waals surface area contributed by atoms with E-state index in [4.69, 9.17) is 10.3 Å². The second-order valence-electron chi connectivity index (χ2n) is 6.76. The van der Waals surface area contributed by atoms with Crippen LogP contribution in [0.15, 0.2) is 77.0 Å². The van der Waals surface area contributed by atoms with E-state index in [9.17, 15) is 19.0 Å². The number of hydrogen-bond donors (Lipinski definition) is 4. The molecule has 1 unspecified atom stereocenters. The average molecular weight is 468 g/mol. The summed E-state index contributed by atoms with van der Waals surface area (Å²) in [6.07, 6.45) is 0. The van der Waals surface area contributed by atoms with E-state index in [1.165, 1.54) is 18.2 Å². The third-order valence-corrected chi connectivity index (χ3v) is 4.55. The Balaban J connectivity index is 1.62. The van der Waals surface area contributed by atoms with Crippen molar-refractivity contribution >= 4 is 42.4 Å². The number of amides is 2. The molecule has 0 aliphatic carbocycles. The number of benzene rings is 2. The van der Waals surface area contributed by atoms with Crippen molar-refractivity contribution in [2.24, 2.45) is 10.2 Å². The van der Waals surface area contributed by atoms with Crippen molar-refractivity contribution in [3.8, 4) is 5.75 Å². The summed E-state index contributed by atoms with van der Waals surface area (Å²) < 4.78 is 16.5. The first-order chi connectivity index (χ1) is 15.7. The van der Waals surface area contributed by atoms with Crippen molar-refractivity contribution in [2.45, 2.75) is 0 Å². The molecule has 0 aliphatic heterocycles. The maximum atomic E-state index is 12.1. The molecule has 0 saturated carbocycles. The number of nitrogen functional groups attached to an aromatic ring is 1. The van der Waals surface area contributed by atoms with Gasteiger partial charge in [0.05, 0.1) is 6.54 Å². The minimum atomic E-state index is -3.77. The fourth-order valence-electron chi connectivity index (χ4n) is 2.57. The average Bonchev–Trinajstić information content (AvgIpc) is 2.77. The number of pyridine rings is 1. The van der Waals surface area contributed by atoms with E-state index in [1.54, 1.807) is 48.5 Å². The summed E-state index contributed by atoms with van der Waals surface area (Å²) in [6.45, 7) is 0.808. The molecular formula is C21H21N6O5P. The maximum Gasteiger partial charge on any atom is 0.373 e. The first-order valence-electron chi connectivity index (χ1n) is 9.61. The van der Waals surface area contributed by atoms with E-state index < -0.39 is 13.5 Å². The van der Waals surface area contributed by atoms with Gasteiger partial charge in [0.1, 0.15) is 17.2 Å². The van der Waals surface area contributed by atoms with Crippen LogP contribution in [0.1, 0.15) is 10.4 Å². The summed E-state index contributed by atoms with van der Waals surface area (Å²) in [7, 11) is -3.77. The zero-order valence-corrected chi connectivity index (χ0v) is 18.4. The lowest BCUT2D eigenvalue weighted by molar-refractivity contribution is -0.115. The highest BCUT2D eigenvalue weighted by molar-refractivity contribution is 7.52. The molecule has 1 aromatic heterocycles. The van der Waals surface area contributed by atoms with Gasteiger partial charge in [0.2, 0.25) is 5.91 Å². The number of anilines is 2. The van der Waals surface area contributed by atoms with Crippen LogP contribution in [-0.4, -0.2) is 34.9 Å². The van der Waals surface area contributed by atoms with Gasteiger partial charge in [-0.25, -0.2) is 9.55 Å². The molecule has 5 N–H and O–H groups in total. The van der Waals surface area contributed by atoms with E-state index in [0.717, 1.165) is 6.66 Å². The molecule has 1 heterocycles. The van der Waals surface area contributed by atoms with Crippen LogP contribution in [0.5, 0.6) is 5.75 Å². The molecule has 0 radical (unpaired) electrons. The molecule has 0 spiro atoms. The Morgan fingerprint density at radius 3 is 2.39 bits per heavy atom. The standard InChI is InChI=1S/C21H21N6O5P/c1-33(30,31)32-17-10-6-5-9-15(17)26-27-16-11-12-18(25-20(16)22)24-19(28)13-23-21(29)14-7-3-2-4-8-14/h2-12H,13H2,1H3,(H,23,29)(H,30,31)(H3,22,24,25,28)/b27-26+. The van der Waals surface area contributed by atoms with Gasteiger partial charge in [-0.05, 0) is 36.4 Å². The lowest BCUT2D eigenvalue weighted by Crippen LogP contribution is -2.33. The van der Waals surface area contributed by atoms with Gasteiger partial charge in [0, 0.05) is 12.2 Å². The molecule has 0 saturated heterocycles. The van der Waals surface area contributed by atoms with Gasteiger partial charge < -0.3 is 25.8 Å². The van der Waals surface area contributed by atoms with Gasteiger partial charge in [-0.3, -0.25) is 9.59 Å². The van der Waals surface area contributed by atoms with Crippen LogP contribution in [0, 0.1) is 0 Å². The van der Waals surface area contributed by atoms with Gasteiger partial charge in [0.15, 0.2) is 11.6 Å². The monoisotopic (exact) mass is 468 g/mol. The van der Waals surface area contributed by atoms with E-state index in [0.29, 0.717) is 5.56 Å². The normalized spacial score (nSPS) is 12.7.